The molecular weight excluding hydrogens is 937 g/mol. The van der Waals surface area contributed by atoms with E-state index < -0.39 is 23.9 Å². The van der Waals surface area contributed by atoms with Crippen LogP contribution in [-0.2, 0) is 37.1 Å². The molecule has 5 heterocycles. The Kier molecular flexibility index (Phi) is 16.0. The van der Waals surface area contributed by atoms with E-state index in [4.69, 9.17) is 18.9 Å². The highest BCUT2D eigenvalue weighted by molar-refractivity contribution is 6.12. The fourth-order valence-electron chi connectivity index (χ4n) is 9.78. The Morgan fingerprint density at radius 2 is 1.30 bits per heavy atom. The van der Waals surface area contributed by atoms with Gasteiger partial charge in [-0.05, 0) is 68.7 Å². The number of rotatable bonds is 21. The first-order valence-corrected chi connectivity index (χ1v) is 24.9. The van der Waals surface area contributed by atoms with Gasteiger partial charge >= 0.3 is 0 Å². The van der Waals surface area contributed by atoms with Crippen LogP contribution in [0.5, 0.6) is 23.0 Å². The minimum atomic E-state index is -0.908. The molecule has 386 valence electrons. The molecule has 3 N–H and O–H groups in total. The second-order valence-corrected chi connectivity index (χ2v) is 19.3. The average Bonchev–Trinajstić information content (AvgIpc) is 3.92. The molecular formula is C54H64N8O11. The number of imide groups is 1. The molecule has 8 rings (SSSR count). The molecule has 2 aromatic heterocycles. The molecule has 19 heteroatoms. The minimum absolute atomic E-state index is 0.0529. The van der Waals surface area contributed by atoms with Gasteiger partial charge in [0.25, 0.3) is 11.8 Å². The third-order valence-electron chi connectivity index (χ3n) is 13.7. The van der Waals surface area contributed by atoms with Crippen molar-refractivity contribution < 1.29 is 52.4 Å². The Balaban J connectivity index is 0.803. The van der Waals surface area contributed by atoms with Crippen LogP contribution in [0, 0.1) is 28.2 Å². The SMILES string of the molecule is COc1c(OCCCOc2cn3c(c2OC)C=[N+]([O-])C2=CC=C(c4ccc(NC(=O)C(C)NC(=O)C(NC(=O)CCCCCN5C(=O)C=CC5=O)C(C)C)cc4)CC2C3)cn2c1C=[N+]([O-])C1=CC=C(C)CC1C2. The third kappa shape index (κ3) is 11.8. The minimum Gasteiger partial charge on any atom is -0.618 e. The second kappa shape index (κ2) is 22.7. The van der Waals surface area contributed by atoms with Crippen molar-refractivity contribution in [3.8, 4) is 23.0 Å². The van der Waals surface area contributed by atoms with Crippen molar-refractivity contribution in [3.63, 3.8) is 0 Å². The maximum absolute atomic E-state index is 13.6. The lowest BCUT2D eigenvalue weighted by Gasteiger charge is -2.24. The summed E-state index contributed by atoms with van der Waals surface area (Å²) >= 11 is 0. The number of anilines is 1. The molecule has 0 saturated carbocycles. The highest BCUT2D eigenvalue weighted by Gasteiger charge is 2.35. The topological polar surface area (TPSA) is 224 Å². The number of methoxy groups -OCH3 is 2. The quantitative estimate of drug-likeness (QED) is 0.0490. The fraction of sp³-hybridized carbons (Fsp3) is 0.426. The number of hydrogen-bond donors (Lipinski definition) is 3. The molecule has 5 aliphatic rings. The van der Waals surface area contributed by atoms with E-state index in [2.05, 4.69) is 22.9 Å². The van der Waals surface area contributed by atoms with Gasteiger partial charge in [0, 0.05) is 62.5 Å². The first-order chi connectivity index (χ1) is 35.1. The van der Waals surface area contributed by atoms with Gasteiger partial charge in [0.05, 0.1) is 51.7 Å². The maximum atomic E-state index is 13.6. The number of carbonyl (C=O) groups is 5. The molecule has 4 atom stereocenters. The summed E-state index contributed by atoms with van der Waals surface area (Å²) in [6.45, 7) is 9.30. The Morgan fingerprint density at radius 1 is 0.726 bits per heavy atom. The van der Waals surface area contributed by atoms with Gasteiger partial charge in [0.1, 0.15) is 12.1 Å². The van der Waals surface area contributed by atoms with E-state index in [-0.39, 0.29) is 48.4 Å². The number of benzene rings is 1. The van der Waals surface area contributed by atoms with Crippen molar-refractivity contribution in [2.24, 2.45) is 17.8 Å². The van der Waals surface area contributed by atoms with Crippen LogP contribution in [0.15, 0.2) is 90.1 Å². The summed E-state index contributed by atoms with van der Waals surface area (Å²) in [6, 6.07) is 5.60. The van der Waals surface area contributed by atoms with E-state index in [9.17, 15) is 34.4 Å². The average molecular weight is 1000 g/mol. The van der Waals surface area contributed by atoms with Gasteiger partial charge in [-0.25, -0.2) is 0 Å². The second-order valence-electron chi connectivity index (χ2n) is 19.3. The van der Waals surface area contributed by atoms with E-state index in [0.29, 0.717) is 104 Å². The molecule has 2 aliphatic carbocycles. The van der Waals surface area contributed by atoms with Crippen LogP contribution in [-0.4, -0.2) is 112 Å². The Morgan fingerprint density at radius 3 is 1.88 bits per heavy atom. The number of nitrogens with one attached hydrogen (secondary N) is 3. The Labute approximate surface area is 424 Å². The summed E-state index contributed by atoms with van der Waals surface area (Å²) in [5, 5.41) is 35.0. The molecule has 4 unspecified atom stereocenters. The van der Waals surface area contributed by atoms with E-state index in [1.807, 2.05) is 58.0 Å². The fourth-order valence-corrected chi connectivity index (χ4v) is 9.78. The van der Waals surface area contributed by atoms with Crippen LogP contribution in [0.4, 0.5) is 5.69 Å². The van der Waals surface area contributed by atoms with Gasteiger partial charge < -0.3 is 54.4 Å². The number of nitrogens with zero attached hydrogens (tertiary/aromatic N) is 5. The Hall–Kier alpha value is -7.83. The lowest BCUT2D eigenvalue weighted by molar-refractivity contribution is -0.405. The van der Waals surface area contributed by atoms with Gasteiger partial charge in [-0.1, -0.05) is 50.1 Å². The van der Waals surface area contributed by atoms with Crippen LogP contribution in [0.3, 0.4) is 0 Å². The first kappa shape index (κ1) is 51.5. The van der Waals surface area contributed by atoms with Gasteiger partial charge in [0.2, 0.25) is 30.2 Å². The zero-order valence-corrected chi connectivity index (χ0v) is 42.2. The summed E-state index contributed by atoms with van der Waals surface area (Å²) in [4.78, 5) is 63.9. The Bertz CT molecular complexity index is 2840. The monoisotopic (exact) mass is 1000 g/mol. The number of aromatic nitrogens is 2. The van der Waals surface area contributed by atoms with Crippen molar-refractivity contribution in [3.05, 3.63) is 117 Å². The first-order valence-electron chi connectivity index (χ1n) is 24.9. The smallest absolute Gasteiger partial charge is 0.253 e. The number of fused-ring (bicyclic) bond motifs is 4. The largest absolute Gasteiger partial charge is 0.618 e. The van der Waals surface area contributed by atoms with Crippen LogP contribution in [0.2, 0.25) is 0 Å². The molecule has 3 aliphatic heterocycles. The number of hydrogen-bond acceptors (Lipinski definition) is 11. The normalized spacial score (nSPS) is 18.7. The third-order valence-corrected chi connectivity index (χ3v) is 13.7. The summed E-state index contributed by atoms with van der Waals surface area (Å²) in [7, 11) is 3.11. The zero-order chi connectivity index (χ0) is 51.9. The van der Waals surface area contributed by atoms with Crippen LogP contribution < -0.4 is 34.9 Å². The van der Waals surface area contributed by atoms with Gasteiger partial charge in [-0.3, -0.25) is 28.9 Å². The van der Waals surface area contributed by atoms with Crippen molar-refractivity contribution in [2.75, 3.05) is 39.3 Å². The lowest BCUT2D eigenvalue weighted by Crippen LogP contribution is -2.53. The van der Waals surface area contributed by atoms with Crippen molar-refractivity contribution in [1.82, 2.24) is 24.7 Å². The number of unbranched alkanes of at least 4 members (excludes halogenated alkanes) is 2. The van der Waals surface area contributed by atoms with Gasteiger partial charge in [-0.15, -0.1) is 0 Å². The zero-order valence-electron chi connectivity index (χ0n) is 42.2. The number of amides is 5. The predicted molar refractivity (Wildman–Crippen MR) is 273 cm³/mol. The molecule has 0 spiro atoms. The number of carbonyl (C=O) groups excluding carboxylic acids is 5. The molecule has 5 amide bonds. The van der Waals surface area contributed by atoms with Crippen LogP contribution in [0.25, 0.3) is 5.57 Å². The molecule has 1 aromatic carbocycles. The van der Waals surface area contributed by atoms with Gasteiger partial charge in [0.15, 0.2) is 45.8 Å². The predicted octanol–water partition coefficient (Wildman–Crippen LogP) is 5.95. The molecule has 0 saturated heterocycles. The summed E-state index contributed by atoms with van der Waals surface area (Å²) in [5.41, 5.74) is 6.29. The van der Waals surface area contributed by atoms with Crippen molar-refractivity contribution >= 4 is 53.2 Å². The van der Waals surface area contributed by atoms with E-state index in [1.54, 1.807) is 53.3 Å². The van der Waals surface area contributed by atoms with Crippen LogP contribution >= 0.6 is 0 Å². The summed E-state index contributed by atoms with van der Waals surface area (Å²) in [6.07, 6.45) is 20.8. The summed E-state index contributed by atoms with van der Waals surface area (Å²) < 4.78 is 29.7. The standard InChI is InChI=1S/C54H64N8O11/c1-33(2)50(57-47(63)11-8-7-9-22-60-48(64)20-21-49(60)65)54(67)55-35(4)53(66)56-40-16-13-36(14-17-40)37-15-19-42-39(26-37)28-59-32-46(52(71-6)44(59)30-62(42)69)73-24-10-23-72-45-31-58-27-38-25-34(3)12-18-41(38)61(68)29-43(58)51(45)70-5/h12-21,29-33,35,38-39,50H,7-11,22-28H2,1-6H3,(H,55,67)(H,56,66)(H,57,63). The molecule has 0 bridgehead atoms. The molecule has 3 aromatic rings. The molecule has 0 radical (unpaired) electrons. The highest BCUT2D eigenvalue weighted by Crippen LogP contribution is 2.40. The highest BCUT2D eigenvalue weighted by atomic mass is 16.5. The summed E-state index contributed by atoms with van der Waals surface area (Å²) in [5.74, 6) is -0.241. The molecule has 19 nitrogen and oxygen atoms in total. The maximum Gasteiger partial charge on any atom is 0.253 e. The molecule has 73 heavy (non-hydrogen) atoms. The van der Waals surface area contributed by atoms with Crippen LogP contribution in [0.1, 0.15) is 89.6 Å². The van der Waals surface area contributed by atoms with Crippen molar-refractivity contribution in [2.45, 2.75) is 97.8 Å². The van der Waals surface area contributed by atoms with E-state index in [1.165, 1.54) is 28.8 Å². The van der Waals surface area contributed by atoms with E-state index in [0.717, 1.165) is 32.7 Å². The van der Waals surface area contributed by atoms with Crippen molar-refractivity contribution in [1.29, 1.82) is 0 Å². The number of allylic oxidation sites excluding steroid dienone is 8. The van der Waals surface area contributed by atoms with E-state index >= 15 is 0 Å². The lowest BCUT2D eigenvalue weighted by atomic mass is 9.87. The van der Waals surface area contributed by atoms with Gasteiger partial charge in [-0.2, -0.15) is 9.48 Å². The number of ether oxygens (including phenoxy) is 4. The molecule has 0 fully saturated rings. The number of hydroxylamine groups is 2.